The van der Waals surface area contributed by atoms with Crippen LogP contribution < -0.4 is 0 Å². The molecule has 0 bridgehead atoms. The number of hydrogen-bond acceptors (Lipinski definition) is 5. The van der Waals surface area contributed by atoms with Gasteiger partial charge in [-0.15, -0.1) is 0 Å². The fourth-order valence-corrected chi connectivity index (χ4v) is 2.57. The van der Waals surface area contributed by atoms with Crippen molar-refractivity contribution in [1.29, 1.82) is 0 Å². The average Bonchev–Trinajstić information content (AvgIpc) is 3.03. The van der Waals surface area contributed by atoms with Crippen molar-refractivity contribution in [1.82, 2.24) is 0 Å². The Bertz CT molecular complexity index is 404. The molecule has 0 amide bonds. The highest BCUT2D eigenvalue weighted by Crippen LogP contribution is 2.34. The second kappa shape index (κ2) is 6.46. The SMILES string of the molecule is CCC(C)(C)OC1CO[C@@H]2C(OC(=O)C(C)(C)CC)CO[C@H]12. The Labute approximate surface area is 133 Å². The van der Waals surface area contributed by atoms with Gasteiger partial charge in [-0.3, -0.25) is 4.79 Å². The molecule has 0 spiro atoms. The van der Waals surface area contributed by atoms with Crippen molar-refractivity contribution in [2.24, 2.45) is 5.41 Å². The molecule has 0 aliphatic carbocycles. The zero-order valence-electron chi connectivity index (χ0n) is 14.7. The van der Waals surface area contributed by atoms with Gasteiger partial charge in [0.05, 0.1) is 24.2 Å². The standard InChI is InChI=1S/C17H30O5/c1-7-16(3,4)15(18)21-11-9-19-14-12(10-20-13(11)14)22-17(5,6)8-2/h11-14H,7-10H2,1-6H3/t11?,12?,13-,14-/m1/s1. The largest absolute Gasteiger partial charge is 0.457 e. The zero-order valence-corrected chi connectivity index (χ0v) is 14.7. The summed E-state index contributed by atoms with van der Waals surface area (Å²) in [7, 11) is 0. The molecule has 0 aromatic heterocycles. The van der Waals surface area contributed by atoms with Crippen LogP contribution in [0.4, 0.5) is 0 Å². The predicted octanol–water partition coefficient (Wildman–Crippen LogP) is 2.71. The van der Waals surface area contributed by atoms with Crippen LogP contribution in [0.5, 0.6) is 0 Å². The third-order valence-electron chi connectivity index (χ3n) is 4.98. The lowest BCUT2D eigenvalue weighted by molar-refractivity contribution is -0.164. The van der Waals surface area contributed by atoms with E-state index in [0.717, 1.165) is 12.8 Å². The van der Waals surface area contributed by atoms with Gasteiger partial charge in [0, 0.05) is 0 Å². The van der Waals surface area contributed by atoms with E-state index in [9.17, 15) is 4.79 Å². The van der Waals surface area contributed by atoms with Gasteiger partial charge in [0.15, 0.2) is 6.10 Å². The molecule has 2 saturated heterocycles. The zero-order chi connectivity index (χ0) is 16.5. The molecule has 2 aliphatic heterocycles. The molecule has 2 unspecified atom stereocenters. The van der Waals surface area contributed by atoms with E-state index in [1.54, 1.807) is 0 Å². The quantitative estimate of drug-likeness (QED) is 0.706. The molecule has 22 heavy (non-hydrogen) atoms. The van der Waals surface area contributed by atoms with E-state index in [1.165, 1.54) is 0 Å². The van der Waals surface area contributed by atoms with E-state index in [4.69, 9.17) is 18.9 Å². The maximum absolute atomic E-state index is 12.2. The van der Waals surface area contributed by atoms with Crippen molar-refractivity contribution < 1.29 is 23.7 Å². The molecular weight excluding hydrogens is 284 g/mol. The smallest absolute Gasteiger partial charge is 0.311 e. The van der Waals surface area contributed by atoms with Crippen molar-refractivity contribution in [2.45, 2.75) is 84.4 Å². The van der Waals surface area contributed by atoms with Crippen molar-refractivity contribution >= 4 is 5.97 Å². The molecule has 2 fully saturated rings. The van der Waals surface area contributed by atoms with Crippen LogP contribution in [0.25, 0.3) is 0 Å². The summed E-state index contributed by atoms with van der Waals surface area (Å²) in [5.74, 6) is -0.189. The third kappa shape index (κ3) is 3.63. The number of esters is 1. The molecule has 5 nitrogen and oxygen atoms in total. The normalized spacial score (nSPS) is 32.1. The molecule has 2 heterocycles. The number of rotatable bonds is 6. The van der Waals surface area contributed by atoms with Crippen LogP contribution in [0, 0.1) is 5.41 Å². The molecule has 4 atom stereocenters. The fourth-order valence-electron chi connectivity index (χ4n) is 2.57. The minimum absolute atomic E-state index is 0.0946. The number of fused-ring (bicyclic) bond motifs is 1. The molecule has 2 aliphatic rings. The van der Waals surface area contributed by atoms with Gasteiger partial charge >= 0.3 is 5.97 Å². The Morgan fingerprint density at radius 2 is 1.55 bits per heavy atom. The Balaban J connectivity index is 1.94. The van der Waals surface area contributed by atoms with Gasteiger partial charge in [0.2, 0.25) is 0 Å². The molecular formula is C17H30O5. The van der Waals surface area contributed by atoms with E-state index < -0.39 is 5.41 Å². The summed E-state index contributed by atoms with van der Waals surface area (Å²) in [5.41, 5.74) is -0.679. The average molecular weight is 314 g/mol. The molecule has 128 valence electrons. The summed E-state index contributed by atoms with van der Waals surface area (Å²) in [4.78, 5) is 12.2. The molecule has 0 N–H and O–H groups in total. The molecule has 2 rings (SSSR count). The highest BCUT2D eigenvalue weighted by molar-refractivity contribution is 5.76. The Morgan fingerprint density at radius 3 is 2.09 bits per heavy atom. The van der Waals surface area contributed by atoms with Crippen molar-refractivity contribution in [3.05, 3.63) is 0 Å². The summed E-state index contributed by atoms with van der Waals surface area (Å²) in [6, 6.07) is 0. The second-order valence-corrected chi connectivity index (χ2v) is 7.55. The van der Waals surface area contributed by atoms with Gasteiger partial charge in [-0.1, -0.05) is 13.8 Å². The van der Waals surface area contributed by atoms with Gasteiger partial charge in [0.1, 0.15) is 18.3 Å². The first-order valence-electron chi connectivity index (χ1n) is 8.32. The first-order chi connectivity index (χ1) is 10.2. The third-order valence-corrected chi connectivity index (χ3v) is 4.98. The molecule has 0 saturated carbocycles. The topological polar surface area (TPSA) is 54.0 Å². The highest BCUT2D eigenvalue weighted by Gasteiger charge is 2.51. The van der Waals surface area contributed by atoms with Crippen LogP contribution in [-0.2, 0) is 23.7 Å². The minimum Gasteiger partial charge on any atom is -0.457 e. The van der Waals surface area contributed by atoms with Gasteiger partial charge in [-0.2, -0.15) is 0 Å². The predicted molar refractivity (Wildman–Crippen MR) is 82.7 cm³/mol. The van der Waals surface area contributed by atoms with Crippen LogP contribution in [0.3, 0.4) is 0 Å². The second-order valence-electron chi connectivity index (χ2n) is 7.55. The summed E-state index contributed by atoms with van der Waals surface area (Å²) >= 11 is 0. The Kier molecular flexibility index (Phi) is 5.20. The van der Waals surface area contributed by atoms with E-state index in [1.807, 2.05) is 20.8 Å². The van der Waals surface area contributed by atoms with Crippen LogP contribution >= 0.6 is 0 Å². The molecule has 5 heteroatoms. The lowest BCUT2D eigenvalue weighted by atomic mass is 9.90. The minimum atomic E-state index is -0.475. The molecule has 0 radical (unpaired) electrons. The first kappa shape index (κ1) is 17.7. The van der Waals surface area contributed by atoms with Crippen LogP contribution in [0.1, 0.15) is 54.4 Å². The van der Waals surface area contributed by atoms with Crippen LogP contribution in [-0.4, -0.2) is 49.2 Å². The van der Waals surface area contributed by atoms with Crippen LogP contribution in [0.2, 0.25) is 0 Å². The lowest BCUT2D eigenvalue weighted by Gasteiger charge is -2.29. The summed E-state index contributed by atoms with van der Waals surface area (Å²) < 4.78 is 23.4. The van der Waals surface area contributed by atoms with Crippen molar-refractivity contribution in [2.75, 3.05) is 13.2 Å². The van der Waals surface area contributed by atoms with Crippen molar-refractivity contribution in [3.63, 3.8) is 0 Å². The maximum Gasteiger partial charge on any atom is 0.311 e. The van der Waals surface area contributed by atoms with Crippen molar-refractivity contribution in [3.8, 4) is 0 Å². The lowest BCUT2D eigenvalue weighted by Crippen LogP contribution is -2.40. The summed E-state index contributed by atoms with van der Waals surface area (Å²) in [6.45, 7) is 12.9. The monoisotopic (exact) mass is 314 g/mol. The molecule has 0 aromatic rings. The number of ether oxygens (including phenoxy) is 4. The molecule has 0 aromatic carbocycles. The van der Waals surface area contributed by atoms with Gasteiger partial charge in [-0.05, 0) is 40.5 Å². The number of carbonyl (C=O) groups is 1. The van der Waals surface area contributed by atoms with Gasteiger partial charge in [-0.25, -0.2) is 0 Å². The Hall–Kier alpha value is -0.650. The number of hydrogen-bond donors (Lipinski definition) is 0. The van der Waals surface area contributed by atoms with E-state index in [-0.39, 0.29) is 36.0 Å². The maximum atomic E-state index is 12.2. The summed E-state index contributed by atoms with van der Waals surface area (Å²) in [5, 5.41) is 0. The summed E-state index contributed by atoms with van der Waals surface area (Å²) in [6.07, 6.45) is 0.876. The van der Waals surface area contributed by atoms with Crippen LogP contribution in [0.15, 0.2) is 0 Å². The fraction of sp³-hybridized carbons (Fsp3) is 0.941. The van der Waals surface area contributed by atoms with E-state index >= 15 is 0 Å². The first-order valence-corrected chi connectivity index (χ1v) is 8.32. The van der Waals surface area contributed by atoms with E-state index in [2.05, 4.69) is 20.8 Å². The highest BCUT2D eigenvalue weighted by atomic mass is 16.7. The van der Waals surface area contributed by atoms with E-state index in [0.29, 0.717) is 13.2 Å². The Morgan fingerprint density at radius 1 is 1.00 bits per heavy atom. The van der Waals surface area contributed by atoms with Gasteiger partial charge < -0.3 is 18.9 Å². The van der Waals surface area contributed by atoms with Gasteiger partial charge in [0.25, 0.3) is 0 Å². The number of carbonyl (C=O) groups excluding carboxylic acids is 1.